The molecule has 0 radical (unpaired) electrons. The lowest BCUT2D eigenvalue weighted by Gasteiger charge is -2.27. The van der Waals surface area contributed by atoms with Gasteiger partial charge < -0.3 is 4.90 Å². The molecule has 10 aromatic carbocycles. The highest BCUT2D eigenvalue weighted by atomic mass is 15.1. The quantitative estimate of drug-likeness (QED) is 0.151. The molecule has 0 aliphatic carbocycles. The number of benzene rings is 10. The predicted octanol–water partition coefficient (Wildman–Crippen LogP) is 15.8. The van der Waals surface area contributed by atoms with Crippen molar-refractivity contribution in [3.05, 3.63) is 237 Å². The van der Waals surface area contributed by atoms with E-state index in [-0.39, 0.29) is 0 Å². The minimum Gasteiger partial charge on any atom is -0.310 e. The maximum Gasteiger partial charge on any atom is 0.0468 e. The standard InChI is InChI=1S/C56H39N/c1-2-17-42(18-3-1)51-23-8-10-25-53(51)55-27-12-13-28-56(55)54-26-11-9-24-52(54)43-32-34-48(35-33-43)57(50-36-31-41-16-5-7-20-45(41)38-50)49-22-14-21-46(39-49)47-30-29-40-15-4-6-19-44(40)37-47/h1-39H. The molecule has 0 N–H and O–H groups in total. The monoisotopic (exact) mass is 725 g/mol. The van der Waals surface area contributed by atoms with E-state index in [0.29, 0.717) is 0 Å². The van der Waals surface area contributed by atoms with Crippen molar-refractivity contribution in [2.75, 3.05) is 4.90 Å². The van der Waals surface area contributed by atoms with E-state index in [0.717, 1.165) is 17.1 Å². The van der Waals surface area contributed by atoms with Gasteiger partial charge in [-0.25, -0.2) is 0 Å². The lowest BCUT2D eigenvalue weighted by Crippen LogP contribution is -2.10. The molecule has 0 saturated carbocycles. The number of hydrogen-bond acceptors (Lipinski definition) is 1. The Morgan fingerprint density at radius 2 is 0.579 bits per heavy atom. The topological polar surface area (TPSA) is 3.24 Å². The average Bonchev–Trinajstić information content (AvgIpc) is 3.29. The molecule has 0 heterocycles. The van der Waals surface area contributed by atoms with Gasteiger partial charge in [-0.05, 0) is 120 Å². The van der Waals surface area contributed by atoms with Crippen molar-refractivity contribution in [2.45, 2.75) is 0 Å². The molecule has 0 fully saturated rings. The Labute approximate surface area is 334 Å². The van der Waals surface area contributed by atoms with Gasteiger partial charge in [0, 0.05) is 17.1 Å². The summed E-state index contributed by atoms with van der Waals surface area (Å²) in [5.41, 5.74) is 15.4. The molecule has 0 saturated heterocycles. The minimum atomic E-state index is 1.10. The van der Waals surface area contributed by atoms with Gasteiger partial charge in [0.05, 0.1) is 0 Å². The van der Waals surface area contributed by atoms with E-state index in [4.69, 9.17) is 0 Å². The van der Waals surface area contributed by atoms with Crippen LogP contribution < -0.4 is 4.90 Å². The average molecular weight is 726 g/mol. The molecule has 0 atom stereocenters. The fraction of sp³-hybridized carbons (Fsp3) is 0. The second-order valence-corrected chi connectivity index (χ2v) is 14.5. The van der Waals surface area contributed by atoms with Gasteiger partial charge in [0.1, 0.15) is 0 Å². The largest absolute Gasteiger partial charge is 0.310 e. The molecule has 1 heteroatoms. The molecule has 0 amide bonds. The first kappa shape index (κ1) is 34.0. The molecule has 0 aliphatic heterocycles. The maximum atomic E-state index is 2.38. The van der Waals surface area contributed by atoms with E-state index in [1.807, 2.05) is 0 Å². The maximum absolute atomic E-state index is 2.38. The van der Waals surface area contributed by atoms with Crippen LogP contribution in [0.2, 0.25) is 0 Å². The molecule has 57 heavy (non-hydrogen) atoms. The van der Waals surface area contributed by atoms with Gasteiger partial charge in [0.2, 0.25) is 0 Å². The third-order valence-corrected chi connectivity index (χ3v) is 11.1. The van der Waals surface area contributed by atoms with Crippen molar-refractivity contribution >= 4 is 38.6 Å². The molecule has 0 unspecified atom stereocenters. The van der Waals surface area contributed by atoms with Crippen molar-refractivity contribution in [2.24, 2.45) is 0 Å². The van der Waals surface area contributed by atoms with E-state index in [2.05, 4.69) is 241 Å². The predicted molar refractivity (Wildman–Crippen MR) is 243 cm³/mol. The number of rotatable bonds is 8. The Morgan fingerprint density at radius 3 is 1.19 bits per heavy atom. The zero-order valence-electron chi connectivity index (χ0n) is 31.5. The van der Waals surface area contributed by atoms with E-state index < -0.39 is 0 Å². The van der Waals surface area contributed by atoms with E-state index in [1.165, 1.54) is 77.2 Å². The first-order valence-corrected chi connectivity index (χ1v) is 19.6. The van der Waals surface area contributed by atoms with Gasteiger partial charge >= 0.3 is 0 Å². The summed E-state index contributed by atoms with van der Waals surface area (Å²) in [6.07, 6.45) is 0. The molecule has 1 nitrogen and oxygen atoms in total. The van der Waals surface area contributed by atoms with Crippen molar-refractivity contribution in [1.82, 2.24) is 0 Å². The van der Waals surface area contributed by atoms with E-state index >= 15 is 0 Å². The van der Waals surface area contributed by atoms with Gasteiger partial charge in [0.15, 0.2) is 0 Å². The van der Waals surface area contributed by atoms with Crippen LogP contribution in [0, 0.1) is 0 Å². The van der Waals surface area contributed by atoms with Crippen LogP contribution in [-0.2, 0) is 0 Å². The smallest absolute Gasteiger partial charge is 0.0468 e. The SMILES string of the molecule is c1ccc(-c2ccccc2-c2ccccc2-c2ccccc2-c2ccc(N(c3cccc(-c4ccc5ccccc5c4)c3)c3ccc4ccccc4c3)cc2)cc1. The molecule has 0 aliphatic rings. The lowest BCUT2D eigenvalue weighted by molar-refractivity contribution is 1.29. The highest BCUT2D eigenvalue weighted by Crippen LogP contribution is 2.43. The molecular weight excluding hydrogens is 687 g/mol. The summed E-state index contributed by atoms with van der Waals surface area (Å²) in [4.78, 5) is 2.38. The van der Waals surface area contributed by atoms with Gasteiger partial charge in [-0.15, -0.1) is 0 Å². The Bertz CT molecular complexity index is 3010. The summed E-state index contributed by atoms with van der Waals surface area (Å²) in [5.74, 6) is 0. The first-order valence-electron chi connectivity index (χ1n) is 19.6. The Kier molecular flexibility index (Phi) is 8.95. The van der Waals surface area contributed by atoms with Gasteiger partial charge in [0.25, 0.3) is 0 Å². The second kappa shape index (κ2) is 15.0. The van der Waals surface area contributed by atoms with Crippen LogP contribution in [-0.4, -0.2) is 0 Å². The molecule has 0 spiro atoms. The zero-order chi connectivity index (χ0) is 38.0. The van der Waals surface area contributed by atoms with Crippen molar-refractivity contribution < 1.29 is 0 Å². The van der Waals surface area contributed by atoms with Crippen molar-refractivity contribution in [3.8, 4) is 55.6 Å². The van der Waals surface area contributed by atoms with Crippen molar-refractivity contribution in [3.63, 3.8) is 0 Å². The molecule has 10 rings (SSSR count). The summed E-state index contributed by atoms with van der Waals surface area (Å²) in [6, 6.07) is 85.7. The first-order chi connectivity index (χ1) is 28.3. The van der Waals surface area contributed by atoms with Crippen LogP contribution >= 0.6 is 0 Å². The fourth-order valence-corrected chi connectivity index (χ4v) is 8.26. The van der Waals surface area contributed by atoms with Crippen LogP contribution in [0.5, 0.6) is 0 Å². The zero-order valence-corrected chi connectivity index (χ0v) is 31.5. The molecule has 0 aromatic heterocycles. The highest BCUT2D eigenvalue weighted by molar-refractivity contribution is 5.96. The molecular formula is C56H39N. The van der Waals surface area contributed by atoms with Crippen LogP contribution in [0.1, 0.15) is 0 Å². The fourth-order valence-electron chi connectivity index (χ4n) is 8.26. The Hall–Kier alpha value is -7.48. The summed E-state index contributed by atoms with van der Waals surface area (Å²) in [5, 5.41) is 4.93. The molecule has 268 valence electrons. The number of anilines is 3. The third-order valence-electron chi connectivity index (χ3n) is 11.1. The van der Waals surface area contributed by atoms with Crippen LogP contribution in [0.25, 0.3) is 77.2 Å². The normalized spacial score (nSPS) is 11.2. The Morgan fingerprint density at radius 1 is 0.193 bits per heavy atom. The summed E-state index contributed by atoms with van der Waals surface area (Å²) in [6.45, 7) is 0. The number of nitrogens with zero attached hydrogens (tertiary/aromatic N) is 1. The number of fused-ring (bicyclic) bond motifs is 2. The van der Waals surface area contributed by atoms with Crippen LogP contribution in [0.15, 0.2) is 237 Å². The Balaban J connectivity index is 1.06. The minimum absolute atomic E-state index is 1.10. The van der Waals surface area contributed by atoms with Crippen molar-refractivity contribution in [1.29, 1.82) is 0 Å². The number of hydrogen-bond donors (Lipinski definition) is 0. The molecule has 10 aromatic rings. The van der Waals surface area contributed by atoms with Gasteiger partial charge in [-0.1, -0.05) is 194 Å². The second-order valence-electron chi connectivity index (χ2n) is 14.5. The third kappa shape index (κ3) is 6.66. The van der Waals surface area contributed by atoms with E-state index in [1.54, 1.807) is 0 Å². The lowest BCUT2D eigenvalue weighted by atomic mass is 9.87. The summed E-state index contributed by atoms with van der Waals surface area (Å²) in [7, 11) is 0. The van der Waals surface area contributed by atoms with E-state index in [9.17, 15) is 0 Å². The highest BCUT2D eigenvalue weighted by Gasteiger charge is 2.18. The van der Waals surface area contributed by atoms with Crippen LogP contribution in [0.3, 0.4) is 0 Å². The summed E-state index contributed by atoms with van der Waals surface area (Å²) >= 11 is 0. The molecule has 0 bridgehead atoms. The van der Waals surface area contributed by atoms with Crippen LogP contribution in [0.4, 0.5) is 17.1 Å². The van der Waals surface area contributed by atoms with Gasteiger partial charge in [-0.2, -0.15) is 0 Å². The van der Waals surface area contributed by atoms with Gasteiger partial charge in [-0.3, -0.25) is 0 Å². The summed E-state index contributed by atoms with van der Waals surface area (Å²) < 4.78 is 0.